The van der Waals surface area contributed by atoms with Crippen LogP contribution in [0.2, 0.25) is 0 Å². The van der Waals surface area contributed by atoms with Crippen LogP contribution in [0.5, 0.6) is 5.75 Å². The molecular formula is C27H42NO2+. The molecule has 0 aliphatic rings. The Kier molecular flexibility index (Phi) is 7.42. The van der Waals surface area contributed by atoms with Crippen molar-refractivity contribution in [1.29, 1.82) is 0 Å². The van der Waals surface area contributed by atoms with Gasteiger partial charge >= 0.3 is 5.91 Å². The molecule has 0 radical (unpaired) electrons. The normalized spacial score (nSPS) is 15.0. The molecule has 0 aliphatic heterocycles. The first kappa shape index (κ1) is 24.4. The second-order valence-electron chi connectivity index (χ2n) is 10.9. The van der Waals surface area contributed by atoms with Gasteiger partial charge in [-0.25, -0.2) is 0 Å². The maximum absolute atomic E-state index is 6.50. The van der Waals surface area contributed by atoms with E-state index in [0.29, 0.717) is 11.1 Å². The molecule has 30 heavy (non-hydrogen) atoms. The Morgan fingerprint density at radius 2 is 1.37 bits per heavy atom. The fourth-order valence-corrected chi connectivity index (χ4v) is 4.40. The number of rotatable bonds is 9. The van der Waals surface area contributed by atoms with Gasteiger partial charge in [0.15, 0.2) is 0 Å². The van der Waals surface area contributed by atoms with Crippen LogP contribution in [0, 0.1) is 5.41 Å². The third kappa shape index (κ3) is 6.33. The van der Waals surface area contributed by atoms with Crippen LogP contribution < -0.4 is 4.74 Å². The molecule has 2 aromatic rings. The maximum atomic E-state index is 6.50. The highest BCUT2D eigenvalue weighted by Gasteiger charge is 2.45. The van der Waals surface area contributed by atoms with Crippen LogP contribution in [0.15, 0.2) is 54.6 Å². The minimum atomic E-state index is -0.799. The van der Waals surface area contributed by atoms with Crippen molar-refractivity contribution in [2.24, 2.45) is 5.41 Å². The van der Waals surface area contributed by atoms with E-state index >= 15 is 0 Å². The SMILES string of the molecule is CCOC(C)(Oc1ccc(C(C)(C)CC(C)(C)C)cc1)[N+](C)(C)Cc1ccccc1. The first-order chi connectivity index (χ1) is 13.8. The van der Waals surface area contributed by atoms with Gasteiger partial charge in [0, 0.05) is 5.56 Å². The van der Waals surface area contributed by atoms with E-state index < -0.39 is 5.91 Å². The molecule has 1 atom stereocenters. The minimum absolute atomic E-state index is 0.114. The Morgan fingerprint density at radius 3 is 1.87 bits per heavy atom. The molecule has 1 unspecified atom stereocenters. The average molecular weight is 413 g/mol. The first-order valence-electron chi connectivity index (χ1n) is 11.1. The zero-order chi connectivity index (χ0) is 22.6. The minimum Gasteiger partial charge on any atom is -0.417 e. The van der Waals surface area contributed by atoms with Gasteiger partial charge in [-0.15, -0.1) is 0 Å². The quantitative estimate of drug-likeness (QED) is 0.334. The highest BCUT2D eigenvalue weighted by atomic mass is 16.7. The molecule has 0 saturated heterocycles. The van der Waals surface area contributed by atoms with Gasteiger partial charge in [0.2, 0.25) is 0 Å². The molecule has 3 nitrogen and oxygen atoms in total. The van der Waals surface area contributed by atoms with Gasteiger partial charge < -0.3 is 4.74 Å². The summed E-state index contributed by atoms with van der Waals surface area (Å²) in [7, 11) is 4.31. The summed E-state index contributed by atoms with van der Waals surface area (Å²) in [5.41, 5.74) is 2.99. The van der Waals surface area contributed by atoms with E-state index in [-0.39, 0.29) is 10.8 Å². The van der Waals surface area contributed by atoms with Crippen molar-refractivity contribution in [2.75, 3.05) is 20.7 Å². The van der Waals surface area contributed by atoms with Crippen molar-refractivity contribution >= 4 is 0 Å². The molecule has 0 fully saturated rings. The van der Waals surface area contributed by atoms with Crippen molar-refractivity contribution in [3.8, 4) is 5.75 Å². The Balaban J connectivity index is 2.23. The molecule has 0 aliphatic carbocycles. The standard InChI is InChI=1S/C27H42NO2/c1-10-29-27(7,28(8,9)20-22-14-12-11-13-15-22)30-24-18-16-23(17-19-24)26(5,6)21-25(2,3)4/h11-19H,10,20-21H2,1-9H3/q+1. The zero-order valence-electron chi connectivity index (χ0n) is 20.6. The van der Waals surface area contributed by atoms with Gasteiger partial charge in [0.05, 0.1) is 27.6 Å². The Morgan fingerprint density at radius 1 is 0.800 bits per heavy atom. The number of nitrogens with zero attached hydrogens (tertiary/aromatic N) is 1. The van der Waals surface area contributed by atoms with Crippen LogP contribution in [0.1, 0.15) is 66.0 Å². The molecule has 0 bridgehead atoms. The average Bonchev–Trinajstić information content (AvgIpc) is 2.60. The van der Waals surface area contributed by atoms with Gasteiger partial charge in [-0.05, 0) is 41.9 Å². The summed E-state index contributed by atoms with van der Waals surface area (Å²) in [6, 6.07) is 19.1. The van der Waals surface area contributed by atoms with E-state index in [9.17, 15) is 0 Å². The van der Waals surface area contributed by atoms with Crippen molar-refractivity contribution in [2.45, 2.75) is 72.8 Å². The van der Waals surface area contributed by atoms with Crippen LogP contribution in [0.25, 0.3) is 0 Å². The van der Waals surface area contributed by atoms with E-state index in [2.05, 4.69) is 97.2 Å². The summed E-state index contributed by atoms with van der Waals surface area (Å²) < 4.78 is 13.2. The van der Waals surface area contributed by atoms with Gasteiger partial charge in [-0.3, -0.25) is 9.22 Å². The Hall–Kier alpha value is -1.84. The number of quaternary nitrogens is 1. The summed E-state index contributed by atoms with van der Waals surface area (Å²) in [6.45, 7) is 17.0. The third-order valence-corrected chi connectivity index (χ3v) is 5.85. The van der Waals surface area contributed by atoms with Crippen molar-refractivity contribution in [3.63, 3.8) is 0 Å². The van der Waals surface area contributed by atoms with Crippen LogP contribution in [-0.4, -0.2) is 31.1 Å². The monoisotopic (exact) mass is 412 g/mol. The van der Waals surface area contributed by atoms with Crippen molar-refractivity contribution in [1.82, 2.24) is 0 Å². The molecule has 2 aromatic carbocycles. The molecule has 0 aromatic heterocycles. The lowest BCUT2D eigenvalue weighted by Crippen LogP contribution is -2.62. The maximum Gasteiger partial charge on any atom is 0.358 e. The van der Waals surface area contributed by atoms with Gasteiger partial charge in [0.25, 0.3) is 0 Å². The van der Waals surface area contributed by atoms with Crippen LogP contribution in [0.3, 0.4) is 0 Å². The molecule has 3 heteroatoms. The lowest BCUT2D eigenvalue weighted by atomic mass is 9.72. The van der Waals surface area contributed by atoms with E-state index in [4.69, 9.17) is 9.47 Å². The summed E-state index contributed by atoms with van der Waals surface area (Å²) in [4.78, 5) is 0. The van der Waals surface area contributed by atoms with E-state index in [0.717, 1.165) is 18.7 Å². The lowest BCUT2D eigenvalue weighted by molar-refractivity contribution is -0.999. The van der Waals surface area contributed by atoms with Gasteiger partial charge in [-0.2, -0.15) is 0 Å². The fraction of sp³-hybridized carbons (Fsp3) is 0.556. The highest BCUT2D eigenvalue weighted by molar-refractivity contribution is 5.32. The largest absolute Gasteiger partial charge is 0.417 e. The Labute approximate surface area is 184 Å². The molecule has 166 valence electrons. The Bertz CT molecular complexity index is 788. The number of hydrogen-bond acceptors (Lipinski definition) is 2. The second-order valence-corrected chi connectivity index (χ2v) is 10.9. The van der Waals surface area contributed by atoms with Gasteiger partial charge in [0.1, 0.15) is 12.3 Å². The van der Waals surface area contributed by atoms with Crippen LogP contribution in [-0.2, 0) is 16.7 Å². The second kappa shape index (κ2) is 9.11. The van der Waals surface area contributed by atoms with E-state index in [1.54, 1.807) is 0 Å². The van der Waals surface area contributed by atoms with Crippen LogP contribution in [0.4, 0.5) is 0 Å². The first-order valence-corrected chi connectivity index (χ1v) is 11.1. The summed E-state index contributed by atoms with van der Waals surface area (Å²) >= 11 is 0. The molecule has 0 heterocycles. The highest BCUT2D eigenvalue weighted by Crippen LogP contribution is 2.37. The predicted molar refractivity (Wildman–Crippen MR) is 126 cm³/mol. The number of benzene rings is 2. The molecule has 0 N–H and O–H groups in total. The molecule has 0 amide bonds. The number of ether oxygens (including phenoxy) is 2. The third-order valence-electron chi connectivity index (χ3n) is 5.85. The molecule has 0 saturated carbocycles. The fourth-order valence-electron chi connectivity index (χ4n) is 4.40. The van der Waals surface area contributed by atoms with Gasteiger partial charge in [-0.1, -0.05) is 77.1 Å². The summed E-state index contributed by atoms with van der Waals surface area (Å²) in [5, 5.41) is 0. The summed E-state index contributed by atoms with van der Waals surface area (Å²) in [6.07, 6.45) is 1.12. The smallest absolute Gasteiger partial charge is 0.358 e. The molecular weight excluding hydrogens is 370 g/mol. The zero-order valence-corrected chi connectivity index (χ0v) is 20.6. The lowest BCUT2D eigenvalue weighted by Gasteiger charge is -2.44. The molecule has 2 rings (SSSR count). The predicted octanol–water partition coefficient (Wildman–Crippen LogP) is 6.77. The summed E-state index contributed by atoms with van der Waals surface area (Å²) in [5.74, 6) is 0.0352. The van der Waals surface area contributed by atoms with E-state index in [1.807, 2.05) is 19.9 Å². The van der Waals surface area contributed by atoms with Crippen molar-refractivity contribution in [3.05, 3.63) is 65.7 Å². The van der Waals surface area contributed by atoms with Crippen molar-refractivity contribution < 1.29 is 14.0 Å². The van der Waals surface area contributed by atoms with Crippen LogP contribution >= 0.6 is 0 Å². The van der Waals surface area contributed by atoms with E-state index in [1.165, 1.54) is 11.1 Å². The topological polar surface area (TPSA) is 18.5 Å². The number of hydrogen-bond donors (Lipinski definition) is 0. The molecule has 0 spiro atoms.